The van der Waals surface area contributed by atoms with Crippen LogP contribution >= 0.6 is 0 Å². The number of nitrogens with two attached hydrogens (primary N) is 1. The van der Waals surface area contributed by atoms with Crippen molar-refractivity contribution in [2.75, 3.05) is 23.3 Å². The second-order valence-corrected chi connectivity index (χ2v) is 10.2. The highest BCUT2D eigenvalue weighted by Crippen LogP contribution is 2.26. The highest BCUT2D eigenvalue weighted by molar-refractivity contribution is 7.91. The van der Waals surface area contributed by atoms with Gasteiger partial charge in [-0.05, 0) is 54.7 Å². The van der Waals surface area contributed by atoms with E-state index in [9.17, 15) is 13.2 Å². The predicted molar refractivity (Wildman–Crippen MR) is 121 cm³/mol. The van der Waals surface area contributed by atoms with Gasteiger partial charge in [-0.2, -0.15) is 0 Å². The number of hydrogen-bond acceptors (Lipinski definition) is 5. The van der Waals surface area contributed by atoms with Gasteiger partial charge in [0.05, 0.1) is 22.0 Å². The van der Waals surface area contributed by atoms with Gasteiger partial charge >= 0.3 is 0 Å². The van der Waals surface area contributed by atoms with Gasteiger partial charge in [-0.15, -0.1) is 0 Å². The number of hydrogen-bond donors (Lipinski definition) is 3. The van der Waals surface area contributed by atoms with E-state index in [0.29, 0.717) is 28.6 Å². The van der Waals surface area contributed by atoms with Gasteiger partial charge in [0, 0.05) is 18.7 Å². The van der Waals surface area contributed by atoms with Crippen LogP contribution in [0.4, 0.5) is 11.4 Å². The van der Waals surface area contributed by atoms with E-state index in [1.807, 2.05) is 6.07 Å². The fourth-order valence-electron chi connectivity index (χ4n) is 3.78. The maximum absolute atomic E-state index is 12.5. The normalized spacial score (nSPS) is 15.0. The first-order chi connectivity index (χ1) is 14.4. The molecule has 1 saturated carbocycles. The lowest BCUT2D eigenvalue weighted by molar-refractivity contribution is 0.0951. The SMILES string of the molecule is CCS(=O)(=O)c1ccc(CNC(=O)c2ccc(NCC3CCCCC3)c(N)c2)cc1. The molecule has 0 radical (unpaired) electrons. The van der Waals surface area contributed by atoms with Crippen LogP contribution in [0, 0.1) is 5.92 Å². The fourth-order valence-corrected chi connectivity index (χ4v) is 4.66. The van der Waals surface area contributed by atoms with E-state index < -0.39 is 9.84 Å². The number of carbonyl (C=O) groups excluding carboxylic acids is 1. The van der Waals surface area contributed by atoms with Crippen LogP contribution < -0.4 is 16.4 Å². The lowest BCUT2D eigenvalue weighted by Gasteiger charge is -2.22. The number of carbonyl (C=O) groups is 1. The molecule has 3 rings (SSSR count). The van der Waals surface area contributed by atoms with Crippen molar-refractivity contribution in [2.24, 2.45) is 5.92 Å². The molecule has 2 aromatic carbocycles. The van der Waals surface area contributed by atoms with Gasteiger partial charge in [0.1, 0.15) is 0 Å². The molecule has 1 aliphatic carbocycles. The lowest BCUT2D eigenvalue weighted by atomic mass is 9.89. The molecule has 2 aromatic rings. The van der Waals surface area contributed by atoms with Crippen molar-refractivity contribution in [3.8, 4) is 0 Å². The first-order valence-corrected chi connectivity index (χ1v) is 12.3. The molecule has 0 aromatic heterocycles. The van der Waals surface area contributed by atoms with Crippen LogP contribution in [0.15, 0.2) is 47.4 Å². The largest absolute Gasteiger partial charge is 0.397 e. The Kier molecular flexibility index (Phi) is 7.37. The quantitative estimate of drug-likeness (QED) is 0.551. The minimum Gasteiger partial charge on any atom is -0.397 e. The average molecular weight is 430 g/mol. The Morgan fingerprint density at radius 3 is 2.40 bits per heavy atom. The van der Waals surface area contributed by atoms with E-state index >= 15 is 0 Å². The molecule has 7 heteroatoms. The van der Waals surface area contributed by atoms with Crippen LogP contribution in [-0.2, 0) is 16.4 Å². The Morgan fingerprint density at radius 1 is 1.07 bits per heavy atom. The van der Waals surface area contributed by atoms with Gasteiger partial charge in [0.15, 0.2) is 9.84 Å². The summed E-state index contributed by atoms with van der Waals surface area (Å²) in [7, 11) is -3.22. The predicted octanol–water partition coefficient (Wildman–Crippen LogP) is 3.98. The Labute approximate surface area is 179 Å². The van der Waals surface area contributed by atoms with E-state index in [2.05, 4.69) is 10.6 Å². The summed E-state index contributed by atoms with van der Waals surface area (Å²) in [6.45, 7) is 2.85. The number of amides is 1. The van der Waals surface area contributed by atoms with Gasteiger partial charge in [0.25, 0.3) is 5.91 Å². The zero-order chi connectivity index (χ0) is 21.6. The van der Waals surface area contributed by atoms with Crippen molar-refractivity contribution < 1.29 is 13.2 Å². The number of rotatable bonds is 8. The molecule has 0 unspecified atom stereocenters. The minimum atomic E-state index is -3.22. The molecule has 1 fully saturated rings. The van der Waals surface area contributed by atoms with Gasteiger partial charge in [-0.3, -0.25) is 4.79 Å². The monoisotopic (exact) mass is 429 g/mol. The van der Waals surface area contributed by atoms with Gasteiger partial charge in [-0.1, -0.05) is 38.3 Å². The van der Waals surface area contributed by atoms with Crippen LogP contribution in [0.25, 0.3) is 0 Å². The molecule has 1 amide bonds. The van der Waals surface area contributed by atoms with E-state index in [4.69, 9.17) is 5.73 Å². The fraction of sp³-hybridized carbons (Fsp3) is 0.435. The van der Waals surface area contributed by atoms with Crippen molar-refractivity contribution >= 4 is 27.1 Å². The summed E-state index contributed by atoms with van der Waals surface area (Å²) in [5.41, 5.74) is 8.91. The van der Waals surface area contributed by atoms with Gasteiger partial charge in [0.2, 0.25) is 0 Å². The Morgan fingerprint density at radius 2 is 1.77 bits per heavy atom. The molecule has 0 bridgehead atoms. The van der Waals surface area contributed by atoms with Crippen LogP contribution in [0.2, 0.25) is 0 Å². The summed E-state index contributed by atoms with van der Waals surface area (Å²) in [6.07, 6.45) is 6.47. The van der Waals surface area contributed by atoms with Crippen LogP contribution in [0.5, 0.6) is 0 Å². The number of nitrogen functional groups attached to an aromatic ring is 1. The Balaban J connectivity index is 1.54. The minimum absolute atomic E-state index is 0.0655. The zero-order valence-corrected chi connectivity index (χ0v) is 18.3. The van der Waals surface area contributed by atoms with Crippen LogP contribution in [0.3, 0.4) is 0 Å². The molecule has 0 heterocycles. The molecule has 6 nitrogen and oxygen atoms in total. The molecule has 4 N–H and O–H groups in total. The second-order valence-electron chi connectivity index (χ2n) is 7.92. The summed E-state index contributed by atoms with van der Waals surface area (Å²) in [6, 6.07) is 11.9. The first-order valence-electron chi connectivity index (χ1n) is 10.6. The Bertz CT molecular complexity index is 966. The summed E-state index contributed by atoms with van der Waals surface area (Å²) in [5, 5.41) is 6.28. The smallest absolute Gasteiger partial charge is 0.251 e. The maximum atomic E-state index is 12.5. The average Bonchev–Trinajstić information content (AvgIpc) is 2.77. The lowest BCUT2D eigenvalue weighted by Crippen LogP contribution is -2.23. The summed E-state index contributed by atoms with van der Waals surface area (Å²) < 4.78 is 23.7. The van der Waals surface area contributed by atoms with Crippen LogP contribution in [0.1, 0.15) is 54.9 Å². The molecule has 162 valence electrons. The van der Waals surface area contributed by atoms with Gasteiger partial charge in [-0.25, -0.2) is 8.42 Å². The number of benzene rings is 2. The highest BCUT2D eigenvalue weighted by atomic mass is 32.2. The molecule has 30 heavy (non-hydrogen) atoms. The molecule has 0 aliphatic heterocycles. The summed E-state index contributed by atoms with van der Waals surface area (Å²) >= 11 is 0. The van der Waals surface area contributed by atoms with Crippen molar-refractivity contribution in [2.45, 2.75) is 50.5 Å². The third-order valence-electron chi connectivity index (χ3n) is 5.74. The third kappa shape index (κ3) is 5.75. The number of sulfone groups is 1. The van der Waals surface area contributed by atoms with E-state index in [0.717, 1.165) is 17.8 Å². The van der Waals surface area contributed by atoms with Crippen molar-refractivity contribution in [1.82, 2.24) is 5.32 Å². The van der Waals surface area contributed by atoms with Crippen molar-refractivity contribution in [3.05, 3.63) is 53.6 Å². The van der Waals surface area contributed by atoms with Crippen molar-refractivity contribution in [1.29, 1.82) is 0 Å². The van der Waals surface area contributed by atoms with E-state index in [1.165, 1.54) is 32.1 Å². The molecule has 1 aliphatic rings. The molecule has 0 saturated heterocycles. The zero-order valence-electron chi connectivity index (χ0n) is 17.5. The molecule has 0 atom stereocenters. The molecular weight excluding hydrogens is 398 g/mol. The van der Waals surface area contributed by atoms with Crippen molar-refractivity contribution in [3.63, 3.8) is 0 Å². The molecular formula is C23H31N3O3S. The second kappa shape index (κ2) is 9.98. The standard InChI is InChI=1S/C23H31N3O3S/c1-2-30(28,29)20-11-8-18(9-12-20)16-26-23(27)19-10-13-22(21(24)14-19)25-15-17-6-4-3-5-7-17/h8-14,17,25H,2-7,15-16,24H2,1H3,(H,26,27). The molecule has 0 spiro atoms. The topological polar surface area (TPSA) is 101 Å². The maximum Gasteiger partial charge on any atom is 0.251 e. The summed E-state index contributed by atoms with van der Waals surface area (Å²) in [5.74, 6) is 0.543. The Hall–Kier alpha value is -2.54. The highest BCUT2D eigenvalue weighted by Gasteiger charge is 2.14. The van der Waals surface area contributed by atoms with E-state index in [-0.39, 0.29) is 11.7 Å². The number of nitrogens with one attached hydrogen (secondary N) is 2. The third-order valence-corrected chi connectivity index (χ3v) is 7.49. The number of anilines is 2. The first kappa shape index (κ1) is 22.2. The van der Waals surface area contributed by atoms with Crippen LogP contribution in [-0.4, -0.2) is 26.6 Å². The van der Waals surface area contributed by atoms with Gasteiger partial charge < -0.3 is 16.4 Å². The van der Waals surface area contributed by atoms with E-state index in [1.54, 1.807) is 43.3 Å². The summed E-state index contributed by atoms with van der Waals surface area (Å²) in [4.78, 5) is 12.8.